The summed E-state index contributed by atoms with van der Waals surface area (Å²) in [7, 11) is -3.29. The van der Waals surface area contributed by atoms with E-state index in [-0.39, 0.29) is 0 Å². The monoisotopic (exact) mass is 262 g/mol. The summed E-state index contributed by atoms with van der Waals surface area (Å²) in [4.78, 5) is 1.96. The fraction of sp³-hybridized carbons (Fsp3) is 0.800. The summed E-state index contributed by atoms with van der Waals surface area (Å²) in [5.74, 6) is 0. The molecule has 0 spiro atoms. The first kappa shape index (κ1) is 12.8. The van der Waals surface area contributed by atoms with Crippen molar-refractivity contribution in [2.75, 3.05) is 52.6 Å². The lowest BCUT2D eigenvalue weighted by Crippen LogP contribution is -2.40. The van der Waals surface area contributed by atoms with E-state index in [1.54, 1.807) is 6.20 Å². The van der Waals surface area contributed by atoms with Gasteiger partial charge in [0.25, 0.3) is 0 Å². The predicted octanol–water partition coefficient (Wildman–Crippen LogP) is -0.548. The van der Waals surface area contributed by atoms with Gasteiger partial charge in [0.1, 0.15) is 0 Å². The maximum Gasteiger partial charge on any atom is 0.237 e. The van der Waals surface area contributed by atoms with Gasteiger partial charge in [-0.15, -0.1) is 0 Å². The number of rotatable bonds is 3. The van der Waals surface area contributed by atoms with Crippen molar-refractivity contribution >= 4 is 10.0 Å². The van der Waals surface area contributed by atoms with Crippen LogP contribution in [-0.4, -0.2) is 70.2 Å². The van der Waals surface area contributed by atoms with Gasteiger partial charge in [0, 0.05) is 32.4 Å². The number of ether oxygens (including phenoxy) is 2. The molecule has 0 aromatic carbocycles. The number of sulfonamides is 1. The third kappa shape index (κ3) is 3.67. The summed E-state index contributed by atoms with van der Waals surface area (Å²) in [6, 6.07) is 0. The van der Waals surface area contributed by atoms with E-state index < -0.39 is 10.0 Å². The summed E-state index contributed by atoms with van der Waals surface area (Å²) in [5.41, 5.74) is 0. The van der Waals surface area contributed by atoms with Crippen LogP contribution in [0.15, 0.2) is 11.6 Å². The Labute approximate surface area is 102 Å². The second-order valence-corrected chi connectivity index (χ2v) is 5.81. The van der Waals surface area contributed by atoms with Crippen molar-refractivity contribution in [3.8, 4) is 0 Å². The molecular weight excluding hydrogens is 244 g/mol. The first-order chi connectivity index (χ1) is 8.18. The van der Waals surface area contributed by atoms with Gasteiger partial charge in [-0.2, -0.15) is 4.31 Å². The van der Waals surface area contributed by atoms with E-state index in [1.807, 2.05) is 4.90 Å². The Hall–Kier alpha value is -0.630. The molecule has 0 atom stereocenters. The molecule has 2 fully saturated rings. The molecule has 7 heteroatoms. The average molecular weight is 262 g/mol. The van der Waals surface area contributed by atoms with Crippen LogP contribution in [0.5, 0.6) is 0 Å². The third-order valence-electron chi connectivity index (χ3n) is 2.82. The number of morpholine rings is 2. The van der Waals surface area contributed by atoms with Crippen molar-refractivity contribution in [2.24, 2.45) is 0 Å². The normalized spacial score (nSPS) is 24.4. The average Bonchev–Trinajstić information content (AvgIpc) is 2.39. The van der Waals surface area contributed by atoms with Gasteiger partial charge >= 0.3 is 0 Å². The van der Waals surface area contributed by atoms with E-state index in [2.05, 4.69) is 0 Å². The molecule has 17 heavy (non-hydrogen) atoms. The summed E-state index contributed by atoms with van der Waals surface area (Å²) in [6.07, 6.45) is 1.65. The summed E-state index contributed by atoms with van der Waals surface area (Å²) in [6.45, 7) is 4.63. The van der Waals surface area contributed by atoms with Gasteiger partial charge in [0.2, 0.25) is 10.0 Å². The summed E-state index contributed by atoms with van der Waals surface area (Å²) < 4.78 is 35.7. The van der Waals surface area contributed by atoms with Gasteiger partial charge < -0.3 is 14.4 Å². The van der Waals surface area contributed by atoms with Crippen molar-refractivity contribution in [1.29, 1.82) is 0 Å². The Morgan fingerprint density at radius 2 is 1.41 bits per heavy atom. The highest BCUT2D eigenvalue weighted by molar-refractivity contribution is 7.92. The van der Waals surface area contributed by atoms with Crippen LogP contribution in [0, 0.1) is 0 Å². The minimum atomic E-state index is -3.29. The highest BCUT2D eigenvalue weighted by Gasteiger charge is 2.21. The van der Waals surface area contributed by atoms with Crippen LogP contribution in [0.2, 0.25) is 0 Å². The maximum absolute atomic E-state index is 12.0. The van der Waals surface area contributed by atoms with Gasteiger partial charge in [0.05, 0.1) is 31.8 Å². The van der Waals surface area contributed by atoms with Gasteiger partial charge in [-0.3, -0.25) is 0 Å². The van der Waals surface area contributed by atoms with Gasteiger partial charge in [-0.05, 0) is 0 Å². The molecule has 2 aliphatic heterocycles. The molecule has 2 aliphatic rings. The van der Waals surface area contributed by atoms with E-state index in [0.29, 0.717) is 39.5 Å². The van der Waals surface area contributed by atoms with Crippen LogP contribution < -0.4 is 0 Å². The third-order valence-corrected chi connectivity index (χ3v) is 4.37. The minimum Gasteiger partial charge on any atom is -0.379 e. The van der Waals surface area contributed by atoms with Gasteiger partial charge in [-0.25, -0.2) is 8.42 Å². The van der Waals surface area contributed by atoms with Crippen LogP contribution in [0.3, 0.4) is 0 Å². The summed E-state index contributed by atoms with van der Waals surface area (Å²) >= 11 is 0. The lowest BCUT2D eigenvalue weighted by atomic mass is 10.5. The van der Waals surface area contributed by atoms with Crippen molar-refractivity contribution in [3.63, 3.8) is 0 Å². The topological polar surface area (TPSA) is 59.1 Å². The van der Waals surface area contributed by atoms with Crippen LogP contribution >= 0.6 is 0 Å². The van der Waals surface area contributed by atoms with Crippen molar-refractivity contribution in [2.45, 2.75) is 0 Å². The van der Waals surface area contributed by atoms with Crippen molar-refractivity contribution in [1.82, 2.24) is 9.21 Å². The molecule has 0 unspecified atom stereocenters. The van der Waals surface area contributed by atoms with E-state index in [1.165, 1.54) is 9.71 Å². The Bertz CT molecular complexity index is 357. The molecule has 0 radical (unpaired) electrons. The van der Waals surface area contributed by atoms with Crippen LogP contribution in [0.25, 0.3) is 0 Å². The minimum absolute atomic E-state index is 0.440. The standard InChI is InChI=1S/C10H18N2O4S/c13-17(14,12-3-8-16-9-4-12)10-5-11-1-6-15-7-2-11/h5,10H,1-4,6-9H2. The largest absolute Gasteiger partial charge is 0.379 e. The van der Waals surface area contributed by atoms with Crippen LogP contribution in [0.1, 0.15) is 0 Å². The predicted molar refractivity (Wildman–Crippen MR) is 62.8 cm³/mol. The molecule has 0 aliphatic carbocycles. The molecule has 6 nitrogen and oxygen atoms in total. The molecule has 2 rings (SSSR count). The molecule has 2 heterocycles. The molecular formula is C10H18N2O4S. The Morgan fingerprint density at radius 3 is 2.00 bits per heavy atom. The van der Waals surface area contributed by atoms with Gasteiger partial charge in [-0.1, -0.05) is 0 Å². The zero-order valence-corrected chi connectivity index (χ0v) is 10.6. The van der Waals surface area contributed by atoms with E-state index in [9.17, 15) is 8.42 Å². The zero-order chi connectivity index (χ0) is 12.1. The maximum atomic E-state index is 12.0. The molecule has 0 bridgehead atoms. The second-order valence-electron chi connectivity index (χ2n) is 3.99. The Balaban J connectivity index is 1.93. The fourth-order valence-electron chi connectivity index (χ4n) is 1.78. The molecule has 98 valence electrons. The summed E-state index contributed by atoms with van der Waals surface area (Å²) in [5, 5.41) is 1.28. The zero-order valence-electron chi connectivity index (χ0n) is 9.75. The molecule has 0 saturated carbocycles. The van der Waals surface area contributed by atoms with Crippen LogP contribution in [-0.2, 0) is 19.5 Å². The molecule has 0 aromatic heterocycles. The number of hydrogen-bond acceptors (Lipinski definition) is 5. The van der Waals surface area contributed by atoms with E-state index in [4.69, 9.17) is 9.47 Å². The second kappa shape index (κ2) is 5.81. The fourth-order valence-corrected chi connectivity index (χ4v) is 2.93. The lowest BCUT2D eigenvalue weighted by Gasteiger charge is -2.27. The molecule has 0 amide bonds. The van der Waals surface area contributed by atoms with E-state index in [0.717, 1.165) is 13.1 Å². The van der Waals surface area contributed by atoms with Gasteiger partial charge in [0.15, 0.2) is 0 Å². The number of nitrogens with zero attached hydrogens (tertiary/aromatic N) is 2. The lowest BCUT2D eigenvalue weighted by molar-refractivity contribution is 0.0593. The SMILES string of the molecule is O=S(=O)(C=CN1CCOCC1)N1CCOCC1. The number of hydrogen-bond donors (Lipinski definition) is 0. The first-order valence-corrected chi connectivity index (χ1v) is 7.27. The molecule has 0 N–H and O–H groups in total. The highest BCUT2D eigenvalue weighted by atomic mass is 32.2. The van der Waals surface area contributed by atoms with E-state index >= 15 is 0 Å². The Morgan fingerprint density at radius 1 is 0.882 bits per heavy atom. The first-order valence-electron chi connectivity index (χ1n) is 5.76. The molecule has 2 saturated heterocycles. The molecule has 0 aromatic rings. The van der Waals surface area contributed by atoms with Crippen molar-refractivity contribution < 1.29 is 17.9 Å². The highest BCUT2D eigenvalue weighted by Crippen LogP contribution is 2.08. The van der Waals surface area contributed by atoms with Crippen molar-refractivity contribution in [3.05, 3.63) is 11.6 Å². The van der Waals surface area contributed by atoms with Crippen LogP contribution in [0.4, 0.5) is 0 Å². The smallest absolute Gasteiger partial charge is 0.237 e. The quantitative estimate of drug-likeness (QED) is 0.683. The Kier molecular flexibility index (Phi) is 4.38.